The molecule has 2 aromatic carbocycles. The number of fused-ring (bicyclic) bond motifs is 1. The molecule has 0 unspecified atom stereocenters. The normalized spacial score (nSPS) is 21.8. The quantitative estimate of drug-likeness (QED) is 0.630. The monoisotopic (exact) mass is 431 g/mol. The molecule has 0 aliphatic heterocycles. The third-order valence-corrected chi connectivity index (χ3v) is 7.20. The number of oxazole rings is 1. The molecule has 1 heterocycles. The van der Waals surface area contributed by atoms with Gasteiger partial charge in [-0.15, -0.1) is 0 Å². The standard InChI is InChI=1S/C26H29N3O3/c1-26(14-5-15-26)28-23(30)19-12-13-20(16-19)29(2)25(31)18-10-8-17(9-11-18)24-27-21-6-3-4-7-22(21)32-24/h3-4,6-11,19-20H,5,12-16H2,1-2H3,(H,28,30)/t19-,20-/m1/s1. The third-order valence-electron chi connectivity index (χ3n) is 7.20. The van der Waals surface area contributed by atoms with Crippen LogP contribution >= 0.6 is 0 Å². The molecule has 2 atom stereocenters. The molecule has 2 amide bonds. The average Bonchev–Trinajstić information content (AvgIpc) is 3.44. The first-order valence-corrected chi connectivity index (χ1v) is 11.5. The van der Waals surface area contributed by atoms with Crippen molar-refractivity contribution in [1.82, 2.24) is 15.2 Å². The van der Waals surface area contributed by atoms with Crippen LogP contribution in [0.4, 0.5) is 0 Å². The summed E-state index contributed by atoms with van der Waals surface area (Å²) in [4.78, 5) is 32.1. The van der Waals surface area contributed by atoms with E-state index in [2.05, 4.69) is 17.2 Å². The Hall–Kier alpha value is -3.15. The molecule has 2 aliphatic carbocycles. The first-order chi connectivity index (χ1) is 15.4. The first kappa shape index (κ1) is 20.7. The maximum Gasteiger partial charge on any atom is 0.253 e. The Morgan fingerprint density at radius 1 is 1.09 bits per heavy atom. The number of para-hydroxylation sites is 2. The summed E-state index contributed by atoms with van der Waals surface area (Å²) in [6, 6.07) is 15.1. The number of nitrogens with one attached hydrogen (secondary N) is 1. The molecule has 1 aromatic heterocycles. The maximum atomic E-state index is 13.1. The topological polar surface area (TPSA) is 75.4 Å². The van der Waals surface area contributed by atoms with E-state index < -0.39 is 0 Å². The van der Waals surface area contributed by atoms with E-state index in [1.807, 2.05) is 55.6 Å². The van der Waals surface area contributed by atoms with E-state index in [1.165, 1.54) is 6.42 Å². The minimum absolute atomic E-state index is 0.00536. The zero-order valence-corrected chi connectivity index (χ0v) is 18.6. The lowest BCUT2D eigenvalue weighted by atomic mass is 9.78. The molecule has 0 spiro atoms. The van der Waals surface area contributed by atoms with Gasteiger partial charge >= 0.3 is 0 Å². The van der Waals surface area contributed by atoms with Gasteiger partial charge in [-0.3, -0.25) is 9.59 Å². The van der Waals surface area contributed by atoms with Crippen molar-refractivity contribution in [2.75, 3.05) is 7.05 Å². The molecule has 3 aromatic rings. The molecule has 0 saturated heterocycles. The van der Waals surface area contributed by atoms with Crippen LogP contribution in [-0.4, -0.2) is 40.3 Å². The number of carbonyl (C=O) groups is 2. The van der Waals surface area contributed by atoms with Gasteiger partial charge in [0.05, 0.1) is 0 Å². The lowest BCUT2D eigenvalue weighted by molar-refractivity contribution is -0.127. The van der Waals surface area contributed by atoms with Crippen molar-refractivity contribution in [2.24, 2.45) is 5.92 Å². The minimum atomic E-state index is -0.0221. The van der Waals surface area contributed by atoms with Crippen LogP contribution in [0.1, 0.15) is 55.8 Å². The van der Waals surface area contributed by atoms with Crippen molar-refractivity contribution in [2.45, 2.75) is 57.0 Å². The van der Waals surface area contributed by atoms with Crippen molar-refractivity contribution < 1.29 is 14.0 Å². The van der Waals surface area contributed by atoms with Crippen molar-refractivity contribution in [1.29, 1.82) is 0 Å². The fraction of sp³-hybridized carbons (Fsp3) is 0.423. The van der Waals surface area contributed by atoms with E-state index in [9.17, 15) is 9.59 Å². The second-order valence-electron chi connectivity index (χ2n) is 9.55. The average molecular weight is 432 g/mol. The summed E-state index contributed by atoms with van der Waals surface area (Å²) < 4.78 is 5.82. The zero-order valence-electron chi connectivity index (χ0n) is 18.6. The minimum Gasteiger partial charge on any atom is -0.436 e. The van der Waals surface area contributed by atoms with E-state index in [4.69, 9.17) is 4.42 Å². The van der Waals surface area contributed by atoms with Crippen LogP contribution in [0.3, 0.4) is 0 Å². The van der Waals surface area contributed by atoms with Crippen LogP contribution in [0, 0.1) is 5.92 Å². The number of aromatic nitrogens is 1. The van der Waals surface area contributed by atoms with E-state index in [-0.39, 0.29) is 29.3 Å². The van der Waals surface area contributed by atoms with Crippen LogP contribution in [0.5, 0.6) is 0 Å². The number of nitrogens with zero attached hydrogens (tertiary/aromatic N) is 2. The molecule has 166 valence electrons. The van der Waals surface area contributed by atoms with Gasteiger partial charge < -0.3 is 14.6 Å². The fourth-order valence-electron chi connectivity index (χ4n) is 4.90. The molecular formula is C26H29N3O3. The van der Waals surface area contributed by atoms with Gasteiger partial charge in [0, 0.05) is 35.7 Å². The third kappa shape index (κ3) is 3.90. The maximum absolute atomic E-state index is 13.1. The summed E-state index contributed by atoms with van der Waals surface area (Å²) in [5.74, 6) is 0.668. The predicted octanol–water partition coefficient (Wildman–Crippen LogP) is 4.79. The van der Waals surface area contributed by atoms with Crippen molar-refractivity contribution >= 4 is 22.9 Å². The lowest BCUT2D eigenvalue weighted by Gasteiger charge is -2.40. The highest BCUT2D eigenvalue weighted by Crippen LogP contribution is 2.34. The summed E-state index contributed by atoms with van der Waals surface area (Å²) >= 11 is 0. The molecule has 0 bridgehead atoms. The highest BCUT2D eigenvalue weighted by molar-refractivity contribution is 5.95. The van der Waals surface area contributed by atoms with Crippen LogP contribution in [0.15, 0.2) is 52.9 Å². The molecule has 32 heavy (non-hydrogen) atoms. The first-order valence-electron chi connectivity index (χ1n) is 11.5. The van der Waals surface area contributed by atoms with Crippen molar-refractivity contribution in [3.05, 3.63) is 54.1 Å². The Kier molecular flexibility index (Phi) is 5.24. The van der Waals surface area contributed by atoms with Gasteiger partial charge in [0.15, 0.2) is 5.58 Å². The van der Waals surface area contributed by atoms with Crippen LogP contribution in [0.25, 0.3) is 22.6 Å². The van der Waals surface area contributed by atoms with E-state index in [1.54, 1.807) is 4.90 Å². The second-order valence-corrected chi connectivity index (χ2v) is 9.55. The predicted molar refractivity (Wildman–Crippen MR) is 123 cm³/mol. The molecule has 1 N–H and O–H groups in total. The molecular weight excluding hydrogens is 402 g/mol. The number of hydrogen-bond donors (Lipinski definition) is 1. The van der Waals surface area contributed by atoms with Crippen LogP contribution < -0.4 is 5.32 Å². The Labute approximate surface area is 188 Å². The van der Waals surface area contributed by atoms with Gasteiger partial charge in [-0.1, -0.05) is 12.1 Å². The zero-order chi connectivity index (χ0) is 22.3. The van der Waals surface area contributed by atoms with E-state index in [0.717, 1.165) is 48.8 Å². The number of benzene rings is 2. The smallest absolute Gasteiger partial charge is 0.253 e. The molecule has 2 aliphatic rings. The summed E-state index contributed by atoms with van der Waals surface area (Å²) in [5, 5.41) is 3.23. The summed E-state index contributed by atoms with van der Waals surface area (Å²) in [5.41, 5.74) is 3.00. The van der Waals surface area contributed by atoms with E-state index in [0.29, 0.717) is 11.5 Å². The Morgan fingerprint density at radius 2 is 1.84 bits per heavy atom. The largest absolute Gasteiger partial charge is 0.436 e. The molecule has 2 fully saturated rings. The van der Waals surface area contributed by atoms with Gasteiger partial charge in [0.1, 0.15) is 5.52 Å². The van der Waals surface area contributed by atoms with Gasteiger partial charge in [0.2, 0.25) is 11.8 Å². The highest BCUT2D eigenvalue weighted by Gasteiger charge is 2.38. The Balaban J connectivity index is 1.22. The molecule has 2 saturated carbocycles. The number of hydrogen-bond acceptors (Lipinski definition) is 4. The summed E-state index contributed by atoms with van der Waals surface area (Å²) in [7, 11) is 1.84. The number of amides is 2. The fourth-order valence-corrected chi connectivity index (χ4v) is 4.90. The Morgan fingerprint density at radius 3 is 2.53 bits per heavy atom. The number of rotatable bonds is 5. The summed E-state index contributed by atoms with van der Waals surface area (Å²) in [6.07, 6.45) is 5.73. The molecule has 5 rings (SSSR count). The van der Waals surface area contributed by atoms with Crippen LogP contribution in [-0.2, 0) is 4.79 Å². The Bertz CT molecular complexity index is 1110. The van der Waals surface area contributed by atoms with Crippen LogP contribution in [0.2, 0.25) is 0 Å². The lowest BCUT2D eigenvalue weighted by Crippen LogP contribution is -2.52. The molecule has 0 radical (unpaired) electrons. The second kappa shape index (κ2) is 8.08. The molecule has 6 nitrogen and oxygen atoms in total. The number of carbonyl (C=O) groups excluding carboxylic acids is 2. The van der Waals surface area contributed by atoms with Gasteiger partial charge in [-0.25, -0.2) is 4.98 Å². The SMILES string of the molecule is CN(C(=O)c1ccc(-c2nc3ccccc3o2)cc1)[C@@H]1CC[C@@H](C(=O)NC2(C)CCC2)C1. The van der Waals surface area contributed by atoms with E-state index >= 15 is 0 Å². The summed E-state index contributed by atoms with van der Waals surface area (Å²) in [6.45, 7) is 2.13. The molecule has 6 heteroatoms. The van der Waals surface area contributed by atoms with Gasteiger partial charge in [-0.2, -0.15) is 0 Å². The van der Waals surface area contributed by atoms with Crippen molar-refractivity contribution in [3.63, 3.8) is 0 Å². The highest BCUT2D eigenvalue weighted by atomic mass is 16.3. The van der Waals surface area contributed by atoms with Gasteiger partial charge in [-0.05, 0) is 81.8 Å². The van der Waals surface area contributed by atoms with Gasteiger partial charge in [0.25, 0.3) is 5.91 Å². The van der Waals surface area contributed by atoms with Crippen molar-refractivity contribution in [3.8, 4) is 11.5 Å².